The first kappa shape index (κ1) is 19.9. The number of alkyl halides is 2. The molecule has 1 amide bonds. The van der Waals surface area contributed by atoms with E-state index in [1.807, 2.05) is 0 Å². The fourth-order valence-electron chi connectivity index (χ4n) is 2.97. The molecule has 25 heavy (non-hydrogen) atoms. The summed E-state index contributed by atoms with van der Waals surface area (Å²) in [4.78, 5) is 25.5. The molecule has 2 rings (SSSR count). The lowest BCUT2D eigenvalue weighted by atomic mass is 9.84. The van der Waals surface area contributed by atoms with Crippen LogP contribution in [0.15, 0.2) is 18.2 Å². The Hall–Kier alpha value is -1.44. The van der Waals surface area contributed by atoms with E-state index in [4.69, 9.17) is 23.2 Å². The minimum absolute atomic E-state index is 0.301. The molecule has 5 nitrogen and oxygen atoms in total. The summed E-state index contributed by atoms with van der Waals surface area (Å²) in [5.74, 6) is -7.10. The molecule has 0 spiro atoms. The molecule has 1 aliphatic rings. The Labute approximate surface area is 153 Å². The van der Waals surface area contributed by atoms with E-state index >= 15 is 0 Å². The van der Waals surface area contributed by atoms with E-state index in [-0.39, 0.29) is 0 Å². The van der Waals surface area contributed by atoms with E-state index in [2.05, 4.69) is 5.32 Å². The molecule has 0 radical (unpaired) electrons. The molecule has 138 valence electrons. The van der Waals surface area contributed by atoms with E-state index in [1.165, 1.54) is 37.1 Å². The highest BCUT2D eigenvalue weighted by atomic mass is 35.5. The van der Waals surface area contributed by atoms with Crippen molar-refractivity contribution in [3.63, 3.8) is 0 Å². The first-order chi connectivity index (χ1) is 11.5. The number of carboxylic acid groups (broad SMARTS) is 1. The molecule has 3 unspecified atom stereocenters. The first-order valence-electron chi connectivity index (χ1n) is 7.59. The van der Waals surface area contributed by atoms with Gasteiger partial charge < -0.3 is 15.3 Å². The zero-order valence-electron chi connectivity index (χ0n) is 13.6. The number of hydrogen-bond acceptors (Lipinski definition) is 3. The van der Waals surface area contributed by atoms with Gasteiger partial charge in [-0.3, -0.25) is 9.59 Å². The van der Waals surface area contributed by atoms with Gasteiger partial charge in [-0.2, -0.15) is 0 Å². The minimum Gasteiger partial charge on any atom is -0.481 e. The van der Waals surface area contributed by atoms with Crippen molar-refractivity contribution < 1.29 is 23.5 Å². The normalized spacial score (nSPS) is 21.6. The number of rotatable bonds is 5. The molecule has 0 aromatic heterocycles. The number of hydrogen-bond donors (Lipinski definition) is 2. The van der Waals surface area contributed by atoms with E-state index < -0.39 is 48.6 Å². The Morgan fingerprint density at radius 3 is 2.32 bits per heavy atom. The average Bonchev–Trinajstić information content (AvgIpc) is 2.85. The molecule has 1 aromatic carbocycles. The van der Waals surface area contributed by atoms with Gasteiger partial charge in [-0.05, 0) is 18.2 Å². The van der Waals surface area contributed by atoms with Gasteiger partial charge in [0, 0.05) is 35.2 Å². The topological polar surface area (TPSA) is 69.6 Å². The number of carboxylic acids is 1. The van der Waals surface area contributed by atoms with Crippen LogP contribution in [0.2, 0.25) is 10.0 Å². The predicted molar refractivity (Wildman–Crippen MR) is 91.5 cm³/mol. The molecular weight excluding hydrogens is 377 g/mol. The fourth-order valence-corrected chi connectivity index (χ4v) is 3.49. The van der Waals surface area contributed by atoms with Crippen LogP contribution in [-0.4, -0.2) is 42.5 Å². The molecule has 9 heteroatoms. The van der Waals surface area contributed by atoms with Crippen LogP contribution < -0.4 is 10.2 Å². The molecule has 1 fully saturated rings. The Kier molecular flexibility index (Phi) is 5.91. The third-order valence-electron chi connectivity index (χ3n) is 4.35. The van der Waals surface area contributed by atoms with Gasteiger partial charge in [0.05, 0.1) is 18.4 Å². The molecule has 1 aliphatic heterocycles. The Bertz CT molecular complexity index is 667. The SMILES string of the molecule is CC(C(=O)O)C(C(=O)N(C)c1cc(Cl)cc(Cl)c1)C1CC(F)(F)CN1. The van der Waals surface area contributed by atoms with Gasteiger partial charge in [-0.1, -0.05) is 30.1 Å². The number of amides is 1. The lowest BCUT2D eigenvalue weighted by Crippen LogP contribution is -2.47. The average molecular weight is 395 g/mol. The van der Waals surface area contributed by atoms with E-state index in [0.717, 1.165) is 0 Å². The van der Waals surface area contributed by atoms with Crippen molar-refractivity contribution in [2.24, 2.45) is 11.8 Å². The number of benzene rings is 1. The molecule has 3 atom stereocenters. The van der Waals surface area contributed by atoms with Crippen molar-refractivity contribution in [1.29, 1.82) is 0 Å². The van der Waals surface area contributed by atoms with Crippen LogP contribution in [0.3, 0.4) is 0 Å². The van der Waals surface area contributed by atoms with Gasteiger partial charge in [0.1, 0.15) is 0 Å². The number of carbonyl (C=O) groups is 2. The van der Waals surface area contributed by atoms with Crippen LogP contribution in [-0.2, 0) is 9.59 Å². The van der Waals surface area contributed by atoms with Gasteiger partial charge in [0.15, 0.2) is 0 Å². The molecular formula is C16H18Cl2F2N2O3. The number of nitrogens with one attached hydrogen (secondary N) is 1. The smallest absolute Gasteiger partial charge is 0.307 e. The van der Waals surface area contributed by atoms with Crippen LogP contribution in [0.4, 0.5) is 14.5 Å². The van der Waals surface area contributed by atoms with Crippen LogP contribution in [0.1, 0.15) is 13.3 Å². The molecule has 0 bridgehead atoms. The van der Waals surface area contributed by atoms with Gasteiger partial charge in [-0.15, -0.1) is 0 Å². The number of nitrogens with zero attached hydrogens (tertiary/aromatic N) is 1. The van der Waals surface area contributed by atoms with Gasteiger partial charge in [-0.25, -0.2) is 8.78 Å². The van der Waals surface area contributed by atoms with Crippen LogP contribution in [0.5, 0.6) is 0 Å². The summed E-state index contributed by atoms with van der Waals surface area (Å²) < 4.78 is 27.1. The van der Waals surface area contributed by atoms with Crippen LogP contribution in [0, 0.1) is 11.8 Å². The Balaban J connectivity index is 2.32. The lowest BCUT2D eigenvalue weighted by Gasteiger charge is -2.30. The van der Waals surface area contributed by atoms with Crippen LogP contribution >= 0.6 is 23.2 Å². The third-order valence-corrected chi connectivity index (χ3v) is 4.79. The van der Waals surface area contributed by atoms with E-state index in [1.54, 1.807) is 0 Å². The monoisotopic (exact) mass is 394 g/mol. The zero-order valence-corrected chi connectivity index (χ0v) is 15.1. The van der Waals surface area contributed by atoms with Gasteiger partial charge in [0.25, 0.3) is 5.92 Å². The standard InChI is InChI=1S/C16H18Cl2F2N2O3/c1-8(15(24)25)13(12-6-16(19,20)7-21-12)14(23)22(2)11-4-9(17)3-10(18)5-11/h3-5,8,12-13,21H,6-7H2,1-2H3,(H,24,25). The van der Waals surface area contributed by atoms with Crippen molar-refractivity contribution in [1.82, 2.24) is 5.32 Å². The van der Waals surface area contributed by atoms with Crippen LogP contribution in [0.25, 0.3) is 0 Å². The summed E-state index contributed by atoms with van der Waals surface area (Å²) in [5.41, 5.74) is 0.356. The molecule has 1 aromatic rings. The van der Waals surface area contributed by atoms with Crippen molar-refractivity contribution in [2.75, 3.05) is 18.5 Å². The maximum Gasteiger partial charge on any atom is 0.307 e. The highest BCUT2D eigenvalue weighted by molar-refractivity contribution is 6.35. The summed E-state index contributed by atoms with van der Waals surface area (Å²) in [6.45, 7) is 0.752. The van der Waals surface area contributed by atoms with E-state index in [0.29, 0.717) is 15.7 Å². The molecule has 0 saturated carbocycles. The molecule has 0 aliphatic carbocycles. The summed E-state index contributed by atoms with van der Waals surface area (Å²) in [7, 11) is 1.43. The number of anilines is 1. The highest BCUT2D eigenvalue weighted by Crippen LogP contribution is 2.34. The second kappa shape index (κ2) is 7.43. The third kappa shape index (κ3) is 4.59. The van der Waals surface area contributed by atoms with E-state index in [9.17, 15) is 23.5 Å². The maximum absolute atomic E-state index is 13.5. The number of aliphatic carboxylic acids is 1. The summed E-state index contributed by atoms with van der Waals surface area (Å²) in [6.07, 6.45) is -0.592. The number of halogens is 4. The van der Waals surface area contributed by atoms with Gasteiger partial charge in [0.2, 0.25) is 5.91 Å². The quantitative estimate of drug-likeness (QED) is 0.803. The molecule has 1 heterocycles. The summed E-state index contributed by atoms with van der Waals surface area (Å²) in [6, 6.07) is 3.53. The highest BCUT2D eigenvalue weighted by Gasteiger charge is 2.48. The lowest BCUT2D eigenvalue weighted by molar-refractivity contribution is -0.146. The summed E-state index contributed by atoms with van der Waals surface area (Å²) >= 11 is 11.9. The zero-order chi connectivity index (χ0) is 18.9. The van der Waals surface area contributed by atoms with Crippen molar-refractivity contribution in [3.05, 3.63) is 28.2 Å². The second-order valence-corrected chi connectivity index (χ2v) is 7.10. The van der Waals surface area contributed by atoms with Crippen molar-refractivity contribution in [2.45, 2.75) is 25.3 Å². The first-order valence-corrected chi connectivity index (χ1v) is 8.35. The summed E-state index contributed by atoms with van der Waals surface area (Å²) in [5, 5.41) is 12.5. The number of carbonyl (C=O) groups excluding carboxylic acids is 1. The molecule has 2 N–H and O–H groups in total. The fraction of sp³-hybridized carbons (Fsp3) is 0.500. The Morgan fingerprint density at radius 2 is 1.88 bits per heavy atom. The maximum atomic E-state index is 13.5. The van der Waals surface area contributed by atoms with Crippen molar-refractivity contribution >= 4 is 40.8 Å². The largest absolute Gasteiger partial charge is 0.481 e. The predicted octanol–water partition coefficient (Wildman–Crippen LogP) is 3.29. The van der Waals surface area contributed by atoms with Gasteiger partial charge >= 0.3 is 5.97 Å². The Morgan fingerprint density at radius 1 is 1.32 bits per heavy atom. The second-order valence-electron chi connectivity index (χ2n) is 6.23. The van der Waals surface area contributed by atoms with Crippen molar-refractivity contribution in [3.8, 4) is 0 Å². The molecule has 1 saturated heterocycles. The minimum atomic E-state index is -2.97.